The van der Waals surface area contributed by atoms with Crippen LogP contribution in [0.25, 0.3) is 0 Å². The van der Waals surface area contributed by atoms with Crippen LogP contribution in [0.3, 0.4) is 0 Å². The molecule has 0 bridgehead atoms. The van der Waals surface area contributed by atoms with Gasteiger partial charge >= 0.3 is 0 Å². The Morgan fingerprint density at radius 1 is 1.24 bits per heavy atom. The Hall–Kier alpha value is -1.81. The quantitative estimate of drug-likeness (QED) is 0.861. The number of aliphatic hydroxyl groups excluding tert-OH is 1. The lowest BCUT2D eigenvalue weighted by atomic mass is 10.00. The van der Waals surface area contributed by atoms with E-state index < -0.39 is 0 Å². The predicted molar refractivity (Wildman–Crippen MR) is 66.0 cm³/mol. The van der Waals surface area contributed by atoms with Gasteiger partial charge in [-0.25, -0.2) is 0 Å². The van der Waals surface area contributed by atoms with Gasteiger partial charge < -0.3 is 14.6 Å². The fraction of sp³-hybridized carbons (Fsp3) is 0.308. The Bertz CT molecular complexity index is 478. The van der Waals surface area contributed by atoms with Crippen LogP contribution in [-0.4, -0.2) is 31.6 Å². The number of benzene rings is 1. The van der Waals surface area contributed by atoms with Crippen molar-refractivity contribution >= 4 is 5.71 Å². The lowest BCUT2D eigenvalue weighted by Gasteiger charge is -2.13. The van der Waals surface area contributed by atoms with Gasteiger partial charge in [0.05, 0.1) is 26.5 Å². The number of allylic oxidation sites excluding steroid dienone is 1. The van der Waals surface area contributed by atoms with Crippen molar-refractivity contribution in [3.63, 3.8) is 0 Å². The van der Waals surface area contributed by atoms with Crippen LogP contribution in [0.15, 0.2) is 29.4 Å². The van der Waals surface area contributed by atoms with Gasteiger partial charge in [0, 0.05) is 11.8 Å². The van der Waals surface area contributed by atoms with Crippen molar-refractivity contribution in [2.75, 3.05) is 20.8 Å². The second-order valence-corrected chi connectivity index (χ2v) is 3.69. The van der Waals surface area contributed by atoms with Gasteiger partial charge in [0.2, 0.25) is 0 Å². The second kappa shape index (κ2) is 5.01. The van der Waals surface area contributed by atoms with Crippen LogP contribution in [0.2, 0.25) is 0 Å². The molecule has 4 nitrogen and oxygen atoms in total. The third-order valence-electron chi connectivity index (χ3n) is 2.74. The highest BCUT2D eigenvalue weighted by molar-refractivity contribution is 6.04. The summed E-state index contributed by atoms with van der Waals surface area (Å²) in [7, 11) is 3.20. The van der Waals surface area contributed by atoms with Gasteiger partial charge in [0.15, 0.2) is 11.5 Å². The highest BCUT2D eigenvalue weighted by atomic mass is 16.5. The third kappa shape index (κ3) is 2.17. The number of aliphatic imine (C=N–C) groups is 1. The maximum Gasteiger partial charge on any atom is 0.161 e. The summed E-state index contributed by atoms with van der Waals surface area (Å²) in [4.78, 5) is 4.20. The fourth-order valence-corrected chi connectivity index (χ4v) is 1.88. The molecule has 0 fully saturated rings. The lowest BCUT2D eigenvalue weighted by molar-refractivity contribution is 0.353. The summed E-state index contributed by atoms with van der Waals surface area (Å²) in [6.07, 6.45) is 4.43. The topological polar surface area (TPSA) is 51.0 Å². The molecule has 0 aromatic heterocycles. The molecule has 1 N–H and O–H groups in total. The number of hydrogen-bond donors (Lipinski definition) is 1. The van der Waals surface area contributed by atoms with E-state index in [0.717, 1.165) is 17.5 Å². The van der Waals surface area contributed by atoms with E-state index in [9.17, 15) is 5.11 Å². The Labute approximate surface area is 100 Å². The van der Waals surface area contributed by atoms with Crippen molar-refractivity contribution in [1.29, 1.82) is 0 Å². The lowest BCUT2D eigenvalue weighted by Crippen LogP contribution is -2.09. The van der Waals surface area contributed by atoms with Crippen LogP contribution in [0, 0.1) is 0 Å². The van der Waals surface area contributed by atoms with Crippen molar-refractivity contribution in [3.8, 4) is 11.5 Å². The molecule has 0 radical (unpaired) electrons. The molecule has 1 aliphatic rings. The van der Waals surface area contributed by atoms with E-state index in [-0.39, 0.29) is 6.61 Å². The molecule has 0 aliphatic carbocycles. The Morgan fingerprint density at radius 2 is 1.94 bits per heavy atom. The number of aliphatic hydroxyl groups is 1. The number of fused-ring (bicyclic) bond motifs is 1. The molecule has 0 saturated carbocycles. The number of nitrogens with zero attached hydrogens (tertiary/aromatic N) is 1. The van der Waals surface area contributed by atoms with Gasteiger partial charge in [-0.1, -0.05) is 6.08 Å². The summed E-state index contributed by atoms with van der Waals surface area (Å²) < 4.78 is 10.5. The van der Waals surface area contributed by atoms with Crippen LogP contribution in [0.5, 0.6) is 11.5 Å². The maximum absolute atomic E-state index is 9.32. The van der Waals surface area contributed by atoms with E-state index in [2.05, 4.69) is 4.99 Å². The molecule has 1 heterocycles. The first kappa shape index (κ1) is 11.7. The summed E-state index contributed by atoms with van der Waals surface area (Å²) in [5.41, 5.74) is 2.63. The molecule has 17 heavy (non-hydrogen) atoms. The molecular weight excluding hydrogens is 218 g/mol. The number of rotatable bonds is 3. The number of hydrogen-bond acceptors (Lipinski definition) is 4. The minimum Gasteiger partial charge on any atom is -0.493 e. The second-order valence-electron chi connectivity index (χ2n) is 3.69. The normalized spacial score (nSPS) is 13.7. The largest absolute Gasteiger partial charge is 0.493 e. The van der Waals surface area contributed by atoms with Gasteiger partial charge in [0.1, 0.15) is 0 Å². The number of methoxy groups -OCH3 is 2. The van der Waals surface area contributed by atoms with E-state index in [1.54, 1.807) is 20.4 Å². The van der Waals surface area contributed by atoms with Gasteiger partial charge in [-0.05, 0) is 24.1 Å². The van der Waals surface area contributed by atoms with Gasteiger partial charge in [-0.2, -0.15) is 0 Å². The van der Waals surface area contributed by atoms with Gasteiger partial charge in [-0.15, -0.1) is 0 Å². The summed E-state index contributed by atoms with van der Waals surface area (Å²) >= 11 is 0. The highest BCUT2D eigenvalue weighted by Gasteiger charge is 2.15. The molecule has 90 valence electrons. The van der Waals surface area contributed by atoms with E-state index in [1.807, 2.05) is 18.2 Å². The molecular formula is C13H15NO3. The summed E-state index contributed by atoms with van der Waals surface area (Å²) in [5, 5.41) is 9.32. The molecule has 0 saturated heterocycles. The molecule has 4 heteroatoms. The van der Waals surface area contributed by atoms with Crippen molar-refractivity contribution in [1.82, 2.24) is 0 Å². The van der Waals surface area contributed by atoms with E-state index >= 15 is 0 Å². The standard InChI is InChI=1S/C13H15NO3/c1-16-12-6-9-4-3-5-14-11(8-15)10(9)7-13(12)17-2/h3,5-7,15H,4,8H2,1-2H3. The zero-order valence-electron chi connectivity index (χ0n) is 9.93. The predicted octanol–water partition coefficient (Wildman–Crippen LogP) is 1.55. The molecule has 0 amide bonds. The Morgan fingerprint density at radius 3 is 2.59 bits per heavy atom. The Kier molecular flexibility index (Phi) is 3.44. The molecule has 0 atom stereocenters. The molecule has 1 aromatic rings. The first-order valence-electron chi connectivity index (χ1n) is 5.38. The molecule has 1 aromatic carbocycles. The van der Waals surface area contributed by atoms with Gasteiger partial charge in [-0.3, -0.25) is 4.99 Å². The molecule has 0 unspecified atom stereocenters. The minimum atomic E-state index is -0.0905. The van der Waals surface area contributed by atoms with Gasteiger partial charge in [0.25, 0.3) is 0 Å². The first-order chi connectivity index (χ1) is 8.30. The van der Waals surface area contributed by atoms with Crippen molar-refractivity contribution in [3.05, 3.63) is 35.5 Å². The van der Waals surface area contributed by atoms with Crippen LogP contribution in [0.4, 0.5) is 0 Å². The monoisotopic (exact) mass is 233 g/mol. The van der Waals surface area contributed by atoms with Crippen LogP contribution >= 0.6 is 0 Å². The highest BCUT2D eigenvalue weighted by Crippen LogP contribution is 2.32. The van der Waals surface area contributed by atoms with Crippen LogP contribution in [0.1, 0.15) is 11.1 Å². The van der Waals surface area contributed by atoms with Crippen molar-refractivity contribution in [2.24, 2.45) is 4.99 Å². The molecule has 1 aliphatic heterocycles. The smallest absolute Gasteiger partial charge is 0.161 e. The van der Waals surface area contributed by atoms with E-state index in [0.29, 0.717) is 17.2 Å². The minimum absolute atomic E-state index is 0.0905. The van der Waals surface area contributed by atoms with Crippen LogP contribution in [-0.2, 0) is 6.42 Å². The fourth-order valence-electron chi connectivity index (χ4n) is 1.88. The summed E-state index contributed by atoms with van der Waals surface area (Å²) in [6.45, 7) is -0.0905. The maximum atomic E-state index is 9.32. The average molecular weight is 233 g/mol. The van der Waals surface area contributed by atoms with Crippen molar-refractivity contribution < 1.29 is 14.6 Å². The summed E-state index contributed by atoms with van der Waals surface area (Å²) in [5.74, 6) is 1.34. The molecule has 0 spiro atoms. The zero-order valence-corrected chi connectivity index (χ0v) is 9.93. The first-order valence-corrected chi connectivity index (χ1v) is 5.38. The average Bonchev–Trinajstić information content (AvgIpc) is 2.58. The van der Waals surface area contributed by atoms with Crippen molar-refractivity contribution in [2.45, 2.75) is 6.42 Å². The SMILES string of the molecule is COc1cc2c(cc1OC)C(CO)=NC=CC2. The third-order valence-corrected chi connectivity index (χ3v) is 2.74. The number of ether oxygens (including phenoxy) is 2. The van der Waals surface area contributed by atoms with E-state index in [4.69, 9.17) is 9.47 Å². The zero-order chi connectivity index (χ0) is 12.3. The summed E-state index contributed by atoms with van der Waals surface area (Å²) in [6, 6.07) is 3.78. The Balaban J connectivity index is 2.57. The van der Waals surface area contributed by atoms with Crippen LogP contribution < -0.4 is 9.47 Å². The van der Waals surface area contributed by atoms with E-state index in [1.165, 1.54) is 0 Å². The molecule has 2 rings (SSSR count).